The summed E-state index contributed by atoms with van der Waals surface area (Å²) in [6.07, 6.45) is 8.24. The van der Waals surface area contributed by atoms with Crippen molar-refractivity contribution in [1.82, 2.24) is 25.5 Å². The van der Waals surface area contributed by atoms with Crippen molar-refractivity contribution in [1.29, 1.82) is 0 Å². The highest BCUT2D eigenvalue weighted by atomic mass is 35.5. The van der Waals surface area contributed by atoms with Crippen LogP contribution in [0.1, 0.15) is 82.7 Å². The summed E-state index contributed by atoms with van der Waals surface area (Å²) in [5, 5.41) is 7.48. The maximum Gasteiger partial charge on any atom is 0.255 e. The maximum absolute atomic E-state index is 13.2. The SMILES string of the molecule is COc1cc(N2CCC(NCCCCc3cccc4c3CN(C3CCC(=O)NC3=O)C4=O)CC2)ccc1Cc1ncc(Cl)c(Cc2ccccc2P(C)(C)=O)n1. The van der Waals surface area contributed by atoms with Gasteiger partial charge >= 0.3 is 0 Å². The number of benzene rings is 3. The first-order valence-corrected chi connectivity index (χ1v) is 22.5. The number of hydrogen-bond acceptors (Lipinski definition) is 9. The fourth-order valence-electron chi connectivity index (χ4n) is 8.24. The summed E-state index contributed by atoms with van der Waals surface area (Å²) in [5.74, 6) is 0.665. The second kappa shape index (κ2) is 17.3. The number of halogens is 1. The first kappa shape index (κ1) is 39.7. The molecule has 0 bridgehead atoms. The van der Waals surface area contributed by atoms with Crippen LogP contribution in [0.25, 0.3) is 0 Å². The van der Waals surface area contributed by atoms with E-state index in [2.05, 4.69) is 44.8 Å². The van der Waals surface area contributed by atoms with Crippen LogP contribution >= 0.6 is 18.7 Å². The van der Waals surface area contributed by atoms with Crippen molar-refractivity contribution in [2.75, 3.05) is 45.0 Å². The van der Waals surface area contributed by atoms with Crippen molar-refractivity contribution in [3.8, 4) is 5.75 Å². The number of carbonyl (C=O) groups excluding carboxylic acids is 3. The minimum absolute atomic E-state index is 0.123. The summed E-state index contributed by atoms with van der Waals surface area (Å²) in [4.78, 5) is 50.7. The minimum atomic E-state index is -2.47. The van der Waals surface area contributed by atoms with E-state index in [4.69, 9.17) is 21.3 Å². The van der Waals surface area contributed by atoms with E-state index in [-0.39, 0.29) is 24.1 Å². The van der Waals surface area contributed by atoms with E-state index in [1.54, 1.807) is 31.5 Å². The van der Waals surface area contributed by atoms with Gasteiger partial charge in [-0.3, -0.25) is 19.7 Å². The Bertz CT molecular complexity index is 2170. The average molecular weight is 797 g/mol. The highest BCUT2D eigenvalue weighted by Gasteiger charge is 2.39. The van der Waals surface area contributed by atoms with Crippen molar-refractivity contribution in [3.63, 3.8) is 0 Å². The van der Waals surface area contributed by atoms with Gasteiger partial charge in [-0.1, -0.05) is 54.1 Å². The van der Waals surface area contributed by atoms with Crippen LogP contribution in [-0.2, 0) is 40.0 Å². The Morgan fingerprint density at radius 2 is 1.73 bits per heavy atom. The van der Waals surface area contributed by atoms with Gasteiger partial charge in [-0.25, -0.2) is 9.97 Å². The number of aryl methyl sites for hydroxylation is 1. The number of carbonyl (C=O) groups is 3. The van der Waals surface area contributed by atoms with Gasteiger partial charge in [0.15, 0.2) is 0 Å². The van der Waals surface area contributed by atoms with Crippen LogP contribution in [0.5, 0.6) is 5.75 Å². The molecular weight excluding hydrogens is 747 g/mol. The highest BCUT2D eigenvalue weighted by molar-refractivity contribution is 7.70. The van der Waals surface area contributed by atoms with Crippen LogP contribution in [-0.4, -0.2) is 84.7 Å². The van der Waals surface area contributed by atoms with Crippen LogP contribution in [0.2, 0.25) is 5.02 Å². The summed E-state index contributed by atoms with van der Waals surface area (Å²) in [7, 11) is -0.775. The van der Waals surface area contributed by atoms with E-state index >= 15 is 0 Å². The van der Waals surface area contributed by atoms with Gasteiger partial charge in [0.05, 0.1) is 17.8 Å². The predicted octanol–water partition coefficient (Wildman–Crippen LogP) is 5.91. The molecule has 2 saturated heterocycles. The molecule has 1 aromatic heterocycles. The molecule has 1 unspecified atom stereocenters. The normalized spacial score (nSPS) is 17.6. The Balaban J connectivity index is 0.878. The number of ether oxygens (including phenoxy) is 1. The van der Waals surface area contributed by atoms with Gasteiger partial charge in [0.25, 0.3) is 5.91 Å². The van der Waals surface area contributed by atoms with Crippen LogP contribution in [0.3, 0.4) is 0 Å². The van der Waals surface area contributed by atoms with E-state index in [1.165, 1.54) is 0 Å². The minimum Gasteiger partial charge on any atom is -0.496 e. The lowest BCUT2D eigenvalue weighted by molar-refractivity contribution is -0.136. The second-order valence-corrected chi connectivity index (χ2v) is 19.0. The van der Waals surface area contributed by atoms with Gasteiger partial charge in [-0.15, -0.1) is 0 Å². The number of piperidine rings is 2. The molecule has 2 fully saturated rings. The quantitative estimate of drug-likeness (QED) is 0.0908. The predicted molar refractivity (Wildman–Crippen MR) is 220 cm³/mol. The summed E-state index contributed by atoms with van der Waals surface area (Å²) in [6, 6.07) is 19.9. The third-order valence-electron chi connectivity index (χ3n) is 11.3. The fraction of sp³-hybridized carbons (Fsp3) is 0.419. The molecule has 4 heterocycles. The molecular formula is C43H50ClN6O5P. The Kier molecular flexibility index (Phi) is 12.2. The third kappa shape index (κ3) is 9.01. The Morgan fingerprint density at radius 1 is 0.946 bits per heavy atom. The van der Waals surface area contributed by atoms with Gasteiger partial charge in [0, 0.05) is 79.3 Å². The Morgan fingerprint density at radius 3 is 2.50 bits per heavy atom. The van der Waals surface area contributed by atoms with Gasteiger partial charge in [-0.2, -0.15) is 0 Å². The molecule has 7 rings (SSSR count). The molecule has 11 nitrogen and oxygen atoms in total. The molecule has 13 heteroatoms. The number of unbranched alkanes of at least 4 members (excludes halogenated alkanes) is 1. The molecule has 0 spiro atoms. The lowest BCUT2D eigenvalue weighted by Gasteiger charge is -2.34. The van der Waals surface area contributed by atoms with Gasteiger partial charge in [0.2, 0.25) is 11.8 Å². The highest BCUT2D eigenvalue weighted by Crippen LogP contribution is 2.37. The molecule has 4 aromatic rings. The number of fused-ring (bicyclic) bond motifs is 1. The van der Waals surface area contributed by atoms with E-state index in [0.29, 0.717) is 54.0 Å². The summed E-state index contributed by atoms with van der Waals surface area (Å²) < 4.78 is 18.8. The van der Waals surface area contributed by atoms with Crippen molar-refractivity contribution in [2.45, 2.75) is 76.4 Å². The molecule has 56 heavy (non-hydrogen) atoms. The zero-order chi connectivity index (χ0) is 39.4. The number of methoxy groups -OCH3 is 1. The molecule has 3 aliphatic heterocycles. The van der Waals surface area contributed by atoms with Crippen LogP contribution in [0.4, 0.5) is 5.69 Å². The second-order valence-electron chi connectivity index (χ2n) is 15.4. The van der Waals surface area contributed by atoms with E-state index in [1.807, 2.05) is 36.4 Å². The van der Waals surface area contributed by atoms with Crippen molar-refractivity contribution >= 4 is 47.5 Å². The number of nitrogens with one attached hydrogen (secondary N) is 2. The molecule has 0 radical (unpaired) electrons. The van der Waals surface area contributed by atoms with Crippen molar-refractivity contribution in [2.24, 2.45) is 0 Å². The number of anilines is 1. The molecule has 3 amide bonds. The van der Waals surface area contributed by atoms with Crippen molar-refractivity contribution in [3.05, 3.63) is 111 Å². The molecule has 0 aliphatic carbocycles. The topological polar surface area (TPSA) is 134 Å². The van der Waals surface area contributed by atoms with Gasteiger partial charge in [-0.05, 0) is 87.2 Å². The Labute approximate surface area is 333 Å². The summed E-state index contributed by atoms with van der Waals surface area (Å²) >= 11 is 6.55. The van der Waals surface area contributed by atoms with Crippen molar-refractivity contribution < 1.29 is 23.7 Å². The van der Waals surface area contributed by atoms with Crippen LogP contribution < -0.4 is 25.6 Å². The number of imide groups is 1. The van der Waals surface area contributed by atoms with Gasteiger partial charge in [0.1, 0.15) is 24.8 Å². The number of hydrogen-bond donors (Lipinski definition) is 2. The molecule has 294 valence electrons. The summed E-state index contributed by atoms with van der Waals surface area (Å²) in [6.45, 7) is 6.81. The number of rotatable bonds is 14. The zero-order valence-electron chi connectivity index (χ0n) is 32.4. The first-order chi connectivity index (χ1) is 27.0. The van der Waals surface area contributed by atoms with Crippen LogP contribution in [0.15, 0.2) is 66.9 Å². The zero-order valence-corrected chi connectivity index (χ0v) is 34.0. The first-order valence-electron chi connectivity index (χ1n) is 19.5. The molecule has 2 N–H and O–H groups in total. The van der Waals surface area contributed by atoms with E-state index in [0.717, 1.165) is 90.7 Å². The van der Waals surface area contributed by atoms with E-state index < -0.39 is 13.2 Å². The number of amides is 3. The molecule has 3 aromatic carbocycles. The molecule has 0 saturated carbocycles. The average Bonchev–Trinajstić information content (AvgIpc) is 3.52. The molecule has 3 aliphatic rings. The van der Waals surface area contributed by atoms with Crippen LogP contribution in [0, 0.1) is 0 Å². The maximum atomic E-state index is 13.2. The lowest BCUT2D eigenvalue weighted by Crippen LogP contribution is -2.52. The monoisotopic (exact) mass is 796 g/mol. The standard InChI is InChI=1S/C43H50ClN6O5P/c1-55-38-25-32(15-14-29(38)24-40-46-26-35(44)36(47-40)23-30-10-4-5-13-39(30)56(2,3)54)49-21-18-31(19-22-49)45-20-7-6-9-28-11-8-12-33-34(28)27-50(43(33)53)37-16-17-41(51)48-42(37)52/h4-5,8,10-15,25-26,31,37,45H,6-7,9,16-24,27H2,1-3H3,(H,48,51,52). The number of nitrogens with zero attached hydrogens (tertiary/aromatic N) is 4. The Hall–Kier alpha value is -4.57. The fourth-order valence-corrected chi connectivity index (χ4v) is 9.69. The number of aromatic nitrogens is 2. The molecule has 1 atom stereocenters. The smallest absolute Gasteiger partial charge is 0.255 e. The third-order valence-corrected chi connectivity index (χ3v) is 13.2. The summed E-state index contributed by atoms with van der Waals surface area (Å²) in [5.41, 5.74) is 6.64. The van der Waals surface area contributed by atoms with E-state index in [9.17, 15) is 18.9 Å². The largest absolute Gasteiger partial charge is 0.496 e. The lowest BCUT2D eigenvalue weighted by atomic mass is 9.98. The van der Waals surface area contributed by atoms with Gasteiger partial charge < -0.3 is 24.4 Å².